The molecule has 0 saturated carbocycles. The second kappa shape index (κ2) is 12.0. The van der Waals surface area contributed by atoms with Crippen molar-refractivity contribution < 1.29 is 14.3 Å². The molecule has 1 aromatic heterocycles. The van der Waals surface area contributed by atoms with Gasteiger partial charge in [0.05, 0.1) is 0 Å². The van der Waals surface area contributed by atoms with Crippen LogP contribution in [0.4, 0.5) is 11.5 Å². The van der Waals surface area contributed by atoms with E-state index in [1.807, 2.05) is 20.8 Å². The summed E-state index contributed by atoms with van der Waals surface area (Å²) in [5.74, 6) is 0.232. The van der Waals surface area contributed by atoms with Crippen molar-refractivity contribution in [2.24, 2.45) is 5.92 Å². The number of ether oxygens (including phenoxy) is 1. The molecule has 1 aromatic carbocycles. The van der Waals surface area contributed by atoms with Gasteiger partial charge in [-0.15, -0.1) is 0 Å². The van der Waals surface area contributed by atoms with Crippen LogP contribution in [-0.4, -0.2) is 34.4 Å². The first-order chi connectivity index (χ1) is 15.7. The van der Waals surface area contributed by atoms with E-state index in [1.54, 1.807) is 31.2 Å². The highest BCUT2D eigenvalue weighted by atomic mass is 16.5. The van der Waals surface area contributed by atoms with E-state index in [-0.39, 0.29) is 36.4 Å². The molecule has 33 heavy (non-hydrogen) atoms. The molecule has 2 aromatic rings. The number of H-pyrrole nitrogens is 1. The smallest absolute Gasteiger partial charge is 0.330 e. The van der Waals surface area contributed by atoms with Crippen molar-refractivity contribution >= 4 is 23.2 Å². The summed E-state index contributed by atoms with van der Waals surface area (Å²) < 4.78 is 6.91. The second-order valence-electron chi connectivity index (χ2n) is 8.32. The number of nitrogens with two attached hydrogens (primary N) is 1. The fraction of sp³-hybridized carbons (Fsp3) is 0.500. The Morgan fingerprint density at radius 2 is 1.82 bits per heavy atom. The molecule has 0 aliphatic carbocycles. The first-order valence-electron chi connectivity index (χ1n) is 11.4. The third kappa shape index (κ3) is 6.81. The summed E-state index contributed by atoms with van der Waals surface area (Å²) in [6, 6.07) is 6.55. The van der Waals surface area contributed by atoms with Crippen LogP contribution in [0.15, 0.2) is 33.9 Å². The van der Waals surface area contributed by atoms with Gasteiger partial charge in [-0.05, 0) is 43.0 Å². The lowest BCUT2D eigenvalue weighted by atomic mass is 10.1. The van der Waals surface area contributed by atoms with Crippen LogP contribution in [0, 0.1) is 5.92 Å². The Balaban J connectivity index is 2.30. The number of Topliss-reactive ketones (excluding diaryl/α,β-unsaturated/α-hetero) is 1. The Hall–Kier alpha value is -3.36. The first-order valence-corrected chi connectivity index (χ1v) is 11.4. The predicted octanol–water partition coefficient (Wildman–Crippen LogP) is 2.97. The molecule has 3 N–H and O–H groups in total. The minimum Gasteiger partial charge on any atom is -0.484 e. The molecule has 0 atom stereocenters. The Morgan fingerprint density at radius 1 is 1.15 bits per heavy atom. The number of benzene rings is 1. The number of aromatic nitrogens is 2. The van der Waals surface area contributed by atoms with Gasteiger partial charge in [-0.1, -0.05) is 34.1 Å². The number of unbranched alkanes of at least 4 members (excludes halogenated alkanes) is 1. The summed E-state index contributed by atoms with van der Waals surface area (Å²) in [4.78, 5) is 53.4. The zero-order valence-corrected chi connectivity index (χ0v) is 19.8. The highest BCUT2D eigenvalue weighted by Gasteiger charge is 2.24. The van der Waals surface area contributed by atoms with Gasteiger partial charge in [-0.25, -0.2) is 4.79 Å². The molecule has 180 valence electrons. The molecule has 0 bridgehead atoms. The van der Waals surface area contributed by atoms with E-state index in [0.29, 0.717) is 37.1 Å². The lowest BCUT2D eigenvalue weighted by Crippen LogP contribution is -2.43. The van der Waals surface area contributed by atoms with Crippen LogP contribution >= 0.6 is 0 Å². The minimum absolute atomic E-state index is 0.0189. The summed E-state index contributed by atoms with van der Waals surface area (Å²) >= 11 is 0. The Morgan fingerprint density at radius 3 is 2.39 bits per heavy atom. The van der Waals surface area contributed by atoms with E-state index in [4.69, 9.17) is 10.5 Å². The maximum atomic E-state index is 13.1. The quantitative estimate of drug-likeness (QED) is 0.471. The van der Waals surface area contributed by atoms with Crippen molar-refractivity contribution in [2.75, 3.05) is 23.8 Å². The maximum Gasteiger partial charge on any atom is 0.330 e. The molecule has 2 rings (SSSR count). The number of aromatic amines is 1. The Bertz CT molecular complexity index is 1070. The highest BCUT2D eigenvalue weighted by molar-refractivity contribution is 5.97. The maximum absolute atomic E-state index is 13.1. The molecule has 1 amide bonds. The van der Waals surface area contributed by atoms with Gasteiger partial charge in [0, 0.05) is 25.1 Å². The van der Waals surface area contributed by atoms with E-state index in [2.05, 4.69) is 4.98 Å². The average molecular weight is 459 g/mol. The number of carbonyl (C=O) groups is 2. The highest BCUT2D eigenvalue weighted by Crippen LogP contribution is 2.20. The normalized spacial score (nSPS) is 10.9. The number of amides is 1. The lowest BCUT2D eigenvalue weighted by molar-refractivity contribution is -0.120. The van der Waals surface area contributed by atoms with Crippen molar-refractivity contribution in [2.45, 2.75) is 59.9 Å². The molecule has 0 aliphatic rings. The largest absolute Gasteiger partial charge is 0.484 e. The van der Waals surface area contributed by atoms with Gasteiger partial charge in [0.2, 0.25) is 0 Å². The third-order valence-electron chi connectivity index (χ3n) is 5.31. The van der Waals surface area contributed by atoms with Crippen LogP contribution in [0.1, 0.15) is 63.7 Å². The number of anilines is 2. The first kappa shape index (κ1) is 25.9. The van der Waals surface area contributed by atoms with E-state index in [1.165, 1.54) is 9.47 Å². The van der Waals surface area contributed by atoms with Gasteiger partial charge in [0.1, 0.15) is 11.6 Å². The number of hydrogen-bond donors (Lipinski definition) is 2. The fourth-order valence-corrected chi connectivity index (χ4v) is 3.29. The molecule has 9 nitrogen and oxygen atoms in total. The number of nitrogen functional groups attached to an aromatic ring is 1. The van der Waals surface area contributed by atoms with Crippen LogP contribution in [0.2, 0.25) is 0 Å². The average Bonchev–Trinajstić information content (AvgIpc) is 2.78. The van der Waals surface area contributed by atoms with Gasteiger partial charge < -0.3 is 15.4 Å². The third-order valence-corrected chi connectivity index (χ3v) is 5.31. The molecular formula is C24H34N4O5. The van der Waals surface area contributed by atoms with E-state index >= 15 is 0 Å². The van der Waals surface area contributed by atoms with Crippen LogP contribution in [-0.2, 0) is 11.3 Å². The molecule has 9 heteroatoms. The van der Waals surface area contributed by atoms with Gasteiger partial charge in [-0.2, -0.15) is 0 Å². The zero-order valence-electron chi connectivity index (χ0n) is 19.8. The summed E-state index contributed by atoms with van der Waals surface area (Å²) in [5.41, 5.74) is 5.45. The van der Waals surface area contributed by atoms with Gasteiger partial charge >= 0.3 is 5.69 Å². The Kier molecular flexibility index (Phi) is 9.44. The molecule has 0 spiro atoms. The van der Waals surface area contributed by atoms with Crippen molar-refractivity contribution in [3.05, 3.63) is 50.7 Å². The number of carbonyl (C=O) groups excluding carboxylic acids is 2. The molecule has 0 saturated heterocycles. The standard InChI is InChI=1S/C24H34N4O5/c1-5-7-13-28-22(25)21(23(31)26-24(28)32)27(14-12-16(3)4)20(30)15-33-18-10-8-17(9-11-18)19(29)6-2/h8-11,16H,5-7,12-15,25H2,1-4H3,(H,26,31,32). The lowest BCUT2D eigenvalue weighted by Gasteiger charge is -2.25. The van der Waals surface area contributed by atoms with Crippen LogP contribution in [0.3, 0.4) is 0 Å². The van der Waals surface area contributed by atoms with Crippen molar-refractivity contribution in [1.82, 2.24) is 9.55 Å². The van der Waals surface area contributed by atoms with Gasteiger partial charge in [0.25, 0.3) is 11.5 Å². The number of rotatable bonds is 12. The summed E-state index contributed by atoms with van der Waals surface area (Å²) in [6.07, 6.45) is 2.58. The van der Waals surface area contributed by atoms with Crippen molar-refractivity contribution in [3.63, 3.8) is 0 Å². The zero-order chi connectivity index (χ0) is 24.5. The SMILES string of the molecule is CCCCn1c(N)c(N(CCC(C)C)C(=O)COc2ccc(C(=O)CC)cc2)c(=O)[nH]c1=O. The summed E-state index contributed by atoms with van der Waals surface area (Å²) in [7, 11) is 0. The number of nitrogens with one attached hydrogen (secondary N) is 1. The van der Waals surface area contributed by atoms with Crippen LogP contribution in [0.25, 0.3) is 0 Å². The van der Waals surface area contributed by atoms with Gasteiger partial charge in [-0.3, -0.25) is 23.9 Å². The van der Waals surface area contributed by atoms with Crippen LogP contribution in [0.5, 0.6) is 5.75 Å². The summed E-state index contributed by atoms with van der Waals surface area (Å²) in [6.45, 7) is 8.05. The van der Waals surface area contributed by atoms with Gasteiger partial charge in [0.15, 0.2) is 18.1 Å². The number of nitrogens with zero attached hydrogens (tertiary/aromatic N) is 2. The minimum atomic E-state index is -0.704. The number of ketones is 1. The van der Waals surface area contributed by atoms with E-state index < -0.39 is 17.2 Å². The molecular weight excluding hydrogens is 424 g/mol. The van der Waals surface area contributed by atoms with Crippen molar-refractivity contribution in [1.29, 1.82) is 0 Å². The predicted molar refractivity (Wildman–Crippen MR) is 129 cm³/mol. The fourth-order valence-electron chi connectivity index (χ4n) is 3.29. The monoisotopic (exact) mass is 458 g/mol. The van der Waals surface area contributed by atoms with E-state index in [0.717, 1.165) is 6.42 Å². The molecule has 0 unspecified atom stereocenters. The van der Waals surface area contributed by atoms with Crippen LogP contribution < -0.4 is 26.6 Å². The summed E-state index contributed by atoms with van der Waals surface area (Å²) in [5, 5.41) is 0. The molecule has 1 heterocycles. The molecule has 0 fully saturated rings. The molecule has 0 radical (unpaired) electrons. The van der Waals surface area contributed by atoms with E-state index in [9.17, 15) is 19.2 Å². The topological polar surface area (TPSA) is 127 Å². The van der Waals surface area contributed by atoms with Crippen molar-refractivity contribution in [3.8, 4) is 5.75 Å². The Labute approximate surface area is 193 Å². The molecule has 0 aliphatic heterocycles. The number of hydrogen-bond acceptors (Lipinski definition) is 6. The second-order valence-corrected chi connectivity index (χ2v) is 8.32.